The van der Waals surface area contributed by atoms with E-state index in [1.807, 2.05) is 4.90 Å². The Balaban J connectivity index is 1.78. The topological polar surface area (TPSA) is 55.6 Å². The van der Waals surface area contributed by atoms with Gasteiger partial charge in [0.05, 0.1) is 5.41 Å². The summed E-state index contributed by atoms with van der Waals surface area (Å²) in [6.45, 7) is 5.63. The van der Waals surface area contributed by atoms with E-state index in [1.54, 1.807) is 12.1 Å². The number of hydrogen-bond donors (Lipinski definition) is 1. The predicted octanol–water partition coefficient (Wildman–Crippen LogP) is 2.92. The fraction of sp³-hybridized carbons (Fsp3) is 0.588. The van der Waals surface area contributed by atoms with Crippen LogP contribution in [0, 0.1) is 16.7 Å². The first kappa shape index (κ1) is 17.1. The van der Waals surface area contributed by atoms with Gasteiger partial charge in [-0.1, -0.05) is 32.0 Å². The van der Waals surface area contributed by atoms with Gasteiger partial charge in [-0.05, 0) is 23.8 Å². The maximum Gasteiger partial charge on any atom is 0.573 e. The standard InChI is InChI=1S/C17H21F3N2O2/c1-15(2)9-16(14(21)23)10-22(8-13(15)16)7-11-5-3-4-6-12(11)24-17(18,19)20/h3-6,13H,7-10H2,1-2H3,(H2,21,23)/t13-,16+/m1/s1. The van der Waals surface area contributed by atoms with Gasteiger partial charge < -0.3 is 10.5 Å². The van der Waals surface area contributed by atoms with Gasteiger partial charge in [0.2, 0.25) is 5.91 Å². The van der Waals surface area contributed by atoms with Crippen molar-refractivity contribution in [2.45, 2.75) is 33.2 Å². The molecule has 2 atom stereocenters. The highest BCUT2D eigenvalue weighted by atomic mass is 19.4. The van der Waals surface area contributed by atoms with Crippen molar-refractivity contribution in [1.82, 2.24) is 4.90 Å². The van der Waals surface area contributed by atoms with Gasteiger partial charge >= 0.3 is 6.36 Å². The van der Waals surface area contributed by atoms with Crippen LogP contribution in [0.4, 0.5) is 13.2 Å². The number of halogens is 3. The zero-order valence-corrected chi connectivity index (χ0v) is 13.7. The highest BCUT2D eigenvalue weighted by Crippen LogP contribution is 2.62. The fourth-order valence-electron chi connectivity index (χ4n) is 4.54. The number of fused-ring (bicyclic) bond motifs is 1. The highest BCUT2D eigenvalue weighted by Gasteiger charge is 2.65. The molecule has 132 valence electrons. The van der Waals surface area contributed by atoms with Crippen LogP contribution < -0.4 is 10.5 Å². The lowest BCUT2D eigenvalue weighted by Gasteiger charge is -2.54. The largest absolute Gasteiger partial charge is 0.573 e. The smallest absolute Gasteiger partial charge is 0.405 e. The Bertz CT molecular complexity index is 659. The lowest BCUT2D eigenvalue weighted by molar-refractivity contribution is -0.275. The summed E-state index contributed by atoms with van der Waals surface area (Å²) in [5.41, 5.74) is 5.54. The number of nitrogens with zero attached hydrogens (tertiary/aromatic N) is 1. The number of rotatable bonds is 4. The third-order valence-electron chi connectivity index (χ3n) is 5.41. The van der Waals surface area contributed by atoms with Crippen LogP contribution in [0.3, 0.4) is 0 Å². The number of benzene rings is 1. The average Bonchev–Trinajstić information content (AvgIpc) is 2.75. The molecular formula is C17H21F3N2O2. The van der Waals surface area contributed by atoms with E-state index >= 15 is 0 Å². The van der Waals surface area contributed by atoms with Crippen LogP contribution in [0.25, 0.3) is 0 Å². The van der Waals surface area contributed by atoms with E-state index in [2.05, 4.69) is 18.6 Å². The van der Waals surface area contributed by atoms with Crippen molar-refractivity contribution < 1.29 is 22.7 Å². The lowest BCUT2D eigenvalue weighted by Crippen LogP contribution is -2.59. The minimum Gasteiger partial charge on any atom is -0.405 e. The van der Waals surface area contributed by atoms with Gasteiger partial charge in [-0.3, -0.25) is 9.69 Å². The van der Waals surface area contributed by atoms with Crippen molar-refractivity contribution in [3.63, 3.8) is 0 Å². The number of carbonyl (C=O) groups is 1. The Kier molecular flexibility index (Phi) is 3.82. The first-order valence-corrected chi connectivity index (χ1v) is 7.89. The predicted molar refractivity (Wildman–Crippen MR) is 81.9 cm³/mol. The van der Waals surface area contributed by atoms with E-state index < -0.39 is 11.8 Å². The maximum absolute atomic E-state index is 12.5. The van der Waals surface area contributed by atoms with E-state index in [4.69, 9.17) is 5.73 Å². The van der Waals surface area contributed by atoms with Crippen molar-refractivity contribution in [2.24, 2.45) is 22.5 Å². The molecule has 1 aromatic carbocycles. The molecule has 3 rings (SSSR count). The molecule has 1 aliphatic carbocycles. The Hall–Kier alpha value is -1.76. The van der Waals surface area contributed by atoms with Gasteiger partial charge in [-0.15, -0.1) is 13.2 Å². The number of likely N-dealkylation sites (tertiary alicyclic amines) is 1. The maximum atomic E-state index is 12.5. The molecule has 0 spiro atoms. The number of para-hydroxylation sites is 1. The molecule has 1 amide bonds. The van der Waals surface area contributed by atoms with Crippen LogP contribution in [0.2, 0.25) is 0 Å². The first-order chi connectivity index (χ1) is 11.0. The van der Waals surface area contributed by atoms with Gasteiger partial charge in [-0.25, -0.2) is 0 Å². The monoisotopic (exact) mass is 342 g/mol. The molecule has 1 saturated heterocycles. The fourth-order valence-corrected chi connectivity index (χ4v) is 4.54. The molecule has 0 aromatic heterocycles. The Morgan fingerprint density at radius 3 is 2.58 bits per heavy atom. The third-order valence-corrected chi connectivity index (χ3v) is 5.41. The van der Waals surface area contributed by atoms with E-state index in [1.165, 1.54) is 12.1 Å². The molecule has 7 heteroatoms. The molecule has 2 fully saturated rings. The number of carbonyl (C=O) groups excluding carboxylic acids is 1. The van der Waals surface area contributed by atoms with Crippen LogP contribution in [0.1, 0.15) is 25.8 Å². The summed E-state index contributed by atoms with van der Waals surface area (Å²) < 4.78 is 41.7. The van der Waals surface area contributed by atoms with Crippen LogP contribution >= 0.6 is 0 Å². The summed E-state index contributed by atoms with van der Waals surface area (Å²) in [7, 11) is 0. The number of ether oxygens (including phenoxy) is 1. The Labute approximate surface area is 138 Å². The van der Waals surface area contributed by atoms with Crippen LogP contribution in [0.15, 0.2) is 24.3 Å². The summed E-state index contributed by atoms with van der Waals surface area (Å²) in [6, 6.07) is 6.11. The zero-order valence-electron chi connectivity index (χ0n) is 13.7. The molecule has 1 heterocycles. The summed E-state index contributed by atoms with van der Waals surface area (Å²) in [6.07, 6.45) is -4.01. The molecule has 0 radical (unpaired) electrons. The number of primary amides is 1. The molecule has 1 saturated carbocycles. The molecule has 24 heavy (non-hydrogen) atoms. The number of nitrogens with two attached hydrogens (primary N) is 1. The Morgan fingerprint density at radius 1 is 1.38 bits per heavy atom. The second-order valence-electron chi connectivity index (χ2n) is 7.56. The molecule has 0 bridgehead atoms. The molecule has 2 aliphatic rings. The highest BCUT2D eigenvalue weighted by molar-refractivity contribution is 5.83. The van der Waals surface area contributed by atoms with E-state index in [-0.39, 0.29) is 23.0 Å². The van der Waals surface area contributed by atoms with Gasteiger partial charge in [0.25, 0.3) is 0 Å². The second kappa shape index (κ2) is 5.37. The van der Waals surface area contributed by atoms with Gasteiger partial charge in [0.1, 0.15) is 5.75 Å². The minimum atomic E-state index is -4.73. The average molecular weight is 342 g/mol. The minimum absolute atomic E-state index is 0.0196. The van der Waals surface area contributed by atoms with Crippen molar-refractivity contribution in [3.8, 4) is 5.75 Å². The van der Waals surface area contributed by atoms with Gasteiger partial charge in [0, 0.05) is 25.2 Å². The molecule has 1 aromatic rings. The summed E-state index contributed by atoms with van der Waals surface area (Å²) in [5, 5.41) is 0. The molecule has 4 nitrogen and oxygen atoms in total. The van der Waals surface area contributed by atoms with E-state index in [9.17, 15) is 18.0 Å². The Morgan fingerprint density at radius 2 is 2.04 bits per heavy atom. The SMILES string of the molecule is CC1(C)C[C@]2(C(N)=O)CN(Cc3ccccc3OC(F)(F)F)C[C@H]12. The van der Waals surface area contributed by atoms with Crippen molar-refractivity contribution in [1.29, 1.82) is 0 Å². The summed E-state index contributed by atoms with van der Waals surface area (Å²) in [5.74, 6) is -0.371. The molecular weight excluding hydrogens is 321 g/mol. The van der Waals surface area contributed by atoms with Crippen molar-refractivity contribution >= 4 is 5.91 Å². The van der Waals surface area contributed by atoms with E-state index in [0.29, 0.717) is 25.2 Å². The van der Waals surface area contributed by atoms with Crippen LogP contribution in [0.5, 0.6) is 5.75 Å². The number of alkyl halides is 3. The van der Waals surface area contributed by atoms with Gasteiger partial charge in [0.15, 0.2) is 0 Å². The number of hydrogen-bond acceptors (Lipinski definition) is 3. The molecule has 0 unspecified atom stereocenters. The number of amides is 1. The molecule has 1 aliphatic heterocycles. The quantitative estimate of drug-likeness (QED) is 0.915. The van der Waals surface area contributed by atoms with Crippen LogP contribution in [-0.2, 0) is 11.3 Å². The normalized spacial score (nSPS) is 29.0. The first-order valence-electron chi connectivity index (χ1n) is 7.89. The van der Waals surface area contributed by atoms with Gasteiger partial charge in [-0.2, -0.15) is 0 Å². The molecule has 2 N–H and O–H groups in total. The summed E-state index contributed by atoms with van der Waals surface area (Å²) in [4.78, 5) is 14.0. The zero-order chi connectivity index (χ0) is 17.8. The third kappa shape index (κ3) is 2.85. The van der Waals surface area contributed by atoms with Crippen molar-refractivity contribution in [3.05, 3.63) is 29.8 Å². The van der Waals surface area contributed by atoms with E-state index in [0.717, 1.165) is 6.42 Å². The second-order valence-corrected chi connectivity index (χ2v) is 7.56. The van der Waals surface area contributed by atoms with Crippen LogP contribution in [-0.4, -0.2) is 30.3 Å². The lowest BCUT2D eigenvalue weighted by atomic mass is 9.48. The summed E-state index contributed by atoms with van der Waals surface area (Å²) >= 11 is 0. The van der Waals surface area contributed by atoms with Crippen molar-refractivity contribution in [2.75, 3.05) is 13.1 Å².